The monoisotopic (exact) mass is 358 g/mol. The Morgan fingerprint density at radius 1 is 1.50 bits per heavy atom. The van der Waals surface area contributed by atoms with Crippen LogP contribution in [0.4, 0.5) is 4.79 Å². The Labute approximate surface area is 153 Å². The van der Waals surface area contributed by atoms with E-state index in [4.69, 9.17) is 4.52 Å². The molecule has 1 fully saturated rings. The molecule has 0 aliphatic carbocycles. The molecule has 2 amide bonds. The number of amides is 2. The largest absolute Gasteiger partial charge is 0.337 e. The number of pyridine rings is 1. The third-order valence-corrected chi connectivity index (χ3v) is 4.48. The Hall–Kier alpha value is -2.48. The standard InChI is InChI=1S/C18H26N6O2/c1-3-9-24-10-5-7-15(12-24)20-18(25)23(2)13-16-21-17(22-26-16)14-6-4-8-19-11-14/h4,6,8,11,15H,3,5,7,9-10,12-13H2,1-2H3,(H,20,25)/t15-/m0/s1. The summed E-state index contributed by atoms with van der Waals surface area (Å²) in [5.74, 6) is 0.877. The van der Waals surface area contributed by atoms with E-state index in [2.05, 4.69) is 32.3 Å². The van der Waals surface area contributed by atoms with Crippen molar-refractivity contribution in [3.05, 3.63) is 30.4 Å². The van der Waals surface area contributed by atoms with Crippen molar-refractivity contribution in [2.24, 2.45) is 0 Å². The summed E-state index contributed by atoms with van der Waals surface area (Å²) >= 11 is 0. The fraction of sp³-hybridized carbons (Fsp3) is 0.556. The van der Waals surface area contributed by atoms with Gasteiger partial charge in [0, 0.05) is 37.6 Å². The van der Waals surface area contributed by atoms with Crippen LogP contribution in [0.3, 0.4) is 0 Å². The fourth-order valence-electron chi connectivity index (χ4n) is 3.18. The predicted octanol–water partition coefficient (Wildman–Crippen LogP) is 2.15. The minimum atomic E-state index is -0.116. The Bertz CT molecular complexity index is 703. The number of aromatic nitrogens is 3. The Morgan fingerprint density at radius 3 is 3.15 bits per heavy atom. The van der Waals surface area contributed by atoms with Crippen LogP contribution in [0.25, 0.3) is 11.4 Å². The van der Waals surface area contributed by atoms with Gasteiger partial charge in [0.15, 0.2) is 0 Å². The molecule has 1 aliphatic rings. The van der Waals surface area contributed by atoms with Crippen molar-refractivity contribution in [1.82, 2.24) is 30.2 Å². The summed E-state index contributed by atoms with van der Waals surface area (Å²) in [6, 6.07) is 3.76. The number of likely N-dealkylation sites (tertiary alicyclic amines) is 1. The maximum atomic E-state index is 12.5. The highest BCUT2D eigenvalue weighted by atomic mass is 16.5. The molecular weight excluding hydrogens is 332 g/mol. The van der Waals surface area contributed by atoms with Gasteiger partial charge >= 0.3 is 6.03 Å². The number of nitrogens with one attached hydrogen (secondary N) is 1. The number of rotatable bonds is 6. The molecule has 3 heterocycles. The number of nitrogens with zero attached hydrogens (tertiary/aromatic N) is 5. The Balaban J connectivity index is 1.52. The molecule has 0 aromatic carbocycles. The number of urea groups is 1. The van der Waals surface area contributed by atoms with Crippen molar-refractivity contribution in [2.75, 3.05) is 26.7 Å². The zero-order valence-corrected chi connectivity index (χ0v) is 15.4. The highest BCUT2D eigenvalue weighted by Gasteiger charge is 2.23. The van der Waals surface area contributed by atoms with Gasteiger partial charge in [-0.15, -0.1) is 0 Å². The minimum absolute atomic E-state index is 0.116. The van der Waals surface area contributed by atoms with Crippen LogP contribution in [0.1, 0.15) is 32.1 Å². The summed E-state index contributed by atoms with van der Waals surface area (Å²) in [5, 5.41) is 7.06. The minimum Gasteiger partial charge on any atom is -0.337 e. The number of carbonyl (C=O) groups excluding carboxylic acids is 1. The first-order chi connectivity index (χ1) is 12.7. The van der Waals surface area contributed by atoms with Crippen LogP contribution in [-0.2, 0) is 6.54 Å². The third-order valence-electron chi connectivity index (χ3n) is 4.48. The van der Waals surface area contributed by atoms with Crippen molar-refractivity contribution in [3.63, 3.8) is 0 Å². The van der Waals surface area contributed by atoms with Gasteiger partial charge in [-0.3, -0.25) is 4.98 Å². The first kappa shape index (κ1) is 18.3. The van der Waals surface area contributed by atoms with Crippen molar-refractivity contribution < 1.29 is 9.32 Å². The van der Waals surface area contributed by atoms with Gasteiger partial charge in [-0.2, -0.15) is 4.98 Å². The zero-order valence-electron chi connectivity index (χ0n) is 15.4. The van der Waals surface area contributed by atoms with Gasteiger partial charge in [0.2, 0.25) is 11.7 Å². The second-order valence-electron chi connectivity index (χ2n) is 6.70. The first-order valence-electron chi connectivity index (χ1n) is 9.12. The molecule has 140 valence electrons. The van der Waals surface area contributed by atoms with Crippen molar-refractivity contribution in [1.29, 1.82) is 0 Å². The van der Waals surface area contributed by atoms with Gasteiger partial charge in [-0.25, -0.2) is 4.79 Å². The maximum absolute atomic E-state index is 12.5. The molecule has 0 bridgehead atoms. The lowest BCUT2D eigenvalue weighted by molar-refractivity contribution is 0.168. The predicted molar refractivity (Wildman–Crippen MR) is 97.3 cm³/mol. The smallest absolute Gasteiger partial charge is 0.317 e. The molecule has 1 aliphatic heterocycles. The number of hydrogen-bond donors (Lipinski definition) is 1. The summed E-state index contributed by atoms with van der Waals surface area (Å²) in [7, 11) is 1.73. The summed E-state index contributed by atoms with van der Waals surface area (Å²) in [6.07, 6.45) is 6.64. The van der Waals surface area contributed by atoms with Crippen LogP contribution in [0, 0.1) is 0 Å². The van der Waals surface area contributed by atoms with Gasteiger partial charge in [0.05, 0.1) is 0 Å². The summed E-state index contributed by atoms with van der Waals surface area (Å²) in [6.45, 7) is 5.57. The Kier molecular flexibility index (Phi) is 6.17. The second kappa shape index (κ2) is 8.75. The summed E-state index contributed by atoms with van der Waals surface area (Å²) in [5.41, 5.74) is 0.785. The molecule has 0 saturated carbocycles. The average Bonchev–Trinajstić information content (AvgIpc) is 3.11. The molecule has 8 heteroatoms. The molecule has 8 nitrogen and oxygen atoms in total. The van der Waals surface area contributed by atoms with Crippen LogP contribution >= 0.6 is 0 Å². The van der Waals surface area contributed by atoms with Crippen LogP contribution in [0.15, 0.2) is 29.0 Å². The zero-order chi connectivity index (χ0) is 18.4. The first-order valence-corrected chi connectivity index (χ1v) is 9.12. The highest BCUT2D eigenvalue weighted by Crippen LogP contribution is 2.15. The van der Waals surface area contributed by atoms with Gasteiger partial charge in [0.25, 0.3) is 0 Å². The number of piperidine rings is 1. The molecule has 0 spiro atoms. The van der Waals surface area contributed by atoms with E-state index in [0.717, 1.165) is 44.5 Å². The highest BCUT2D eigenvalue weighted by molar-refractivity contribution is 5.74. The molecule has 0 unspecified atom stereocenters. The van der Waals surface area contributed by atoms with Crippen LogP contribution in [0.2, 0.25) is 0 Å². The van der Waals surface area contributed by atoms with Crippen molar-refractivity contribution >= 4 is 6.03 Å². The van der Waals surface area contributed by atoms with E-state index in [0.29, 0.717) is 11.7 Å². The van der Waals surface area contributed by atoms with E-state index in [1.807, 2.05) is 12.1 Å². The van der Waals surface area contributed by atoms with Gasteiger partial charge < -0.3 is 19.6 Å². The second-order valence-corrected chi connectivity index (χ2v) is 6.70. The average molecular weight is 358 g/mol. The van der Waals surface area contributed by atoms with E-state index in [1.165, 1.54) is 0 Å². The van der Waals surface area contributed by atoms with E-state index < -0.39 is 0 Å². The van der Waals surface area contributed by atoms with Gasteiger partial charge in [0.1, 0.15) is 6.54 Å². The quantitative estimate of drug-likeness (QED) is 0.851. The van der Waals surface area contributed by atoms with Crippen LogP contribution < -0.4 is 5.32 Å². The molecule has 2 aromatic rings. The molecule has 1 atom stereocenters. The lowest BCUT2D eigenvalue weighted by Gasteiger charge is -2.33. The van der Waals surface area contributed by atoms with Crippen molar-refractivity contribution in [3.8, 4) is 11.4 Å². The maximum Gasteiger partial charge on any atom is 0.317 e. The molecule has 3 rings (SSSR count). The third kappa shape index (κ3) is 4.78. The van der Waals surface area contributed by atoms with Gasteiger partial charge in [-0.05, 0) is 44.5 Å². The SMILES string of the molecule is CCCN1CCC[C@H](NC(=O)N(C)Cc2nc(-c3cccnc3)no2)C1. The molecular formula is C18H26N6O2. The molecule has 2 aromatic heterocycles. The number of hydrogen-bond acceptors (Lipinski definition) is 6. The van der Waals surface area contributed by atoms with Gasteiger partial charge in [-0.1, -0.05) is 12.1 Å². The van der Waals surface area contributed by atoms with Crippen molar-refractivity contribution in [2.45, 2.75) is 38.8 Å². The topological polar surface area (TPSA) is 87.4 Å². The van der Waals surface area contributed by atoms with E-state index >= 15 is 0 Å². The normalized spacial score (nSPS) is 17.8. The Morgan fingerprint density at radius 2 is 2.38 bits per heavy atom. The molecule has 0 radical (unpaired) electrons. The van der Waals surface area contributed by atoms with E-state index in [-0.39, 0.29) is 18.6 Å². The number of carbonyl (C=O) groups is 1. The summed E-state index contributed by atoms with van der Waals surface area (Å²) in [4.78, 5) is 24.8. The van der Waals surface area contributed by atoms with Crippen LogP contribution in [-0.4, -0.2) is 63.7 Å². The molecule has 1 saturated heterocycles. The van der Waals surface area contributed by atoms with Crippen LogP contribution in [0.5, 0.6) is 0 Å². The lowest BCUT2D eigenvalue weighted by Crippen LogP contribution is -2.50. The molecule has 26 heavy (non-hydrogen) atoms. The lowest BCUT2D eigenvalue weighted by atomic mass is 10.1. The fourth-order valence-corrected chi connectivity index (χ4v) is 3.18. The summed E-state index contributed by atoms with van der Waals surface area (Å²) < 4.78 is 5.26. The molecule has 1 N–H and O–H groups in total. The van der Waals surface area contributed by atoms with E-state index in [1.54, 1.807) is 24.3 Å². The van der Waals surface area contributed by atoms with E-state index in [9.17, 15) is 4.79 Å².